The van der Waals surface area contributed by atoms with Crippen molar-refractivity contribution < 1.29 is 8.91 Å². The molecule has 0 N–H and O–H groups in total. The summed E-state index contributed by atoms with van der Waals surface area (Å²) in [7, 11) is 0. The summed E-state index contributed by atoms with van der Waals surface area (Å²) in [6, 6.07) is 9.27. The predicted molar refractivity (Wildman–Crippen MR) is 79.3 cm³/mol. The molecular weight excluding hydrogens is 267 g/mol. The summed E-state index contributed by atoms with van der Waals surface area (Å²) in [4.78, 5) is 2.41. The molecule has 0 unspecified atom stereocenters. The third kappa shape index (κ3) is 3.32. The lowest BCUT2D eigenvalue weighted by Gasteiger charge is -2.35. The molecule has 2 aromatic rings. The van der Waals surface area contributed by atoms with Gasteiger partial charge >= 0.3 is 0 Å². The lowest BCUT2D eigenvalue weighted by Crippen LogP contribution is -2.32. The van der Waals surface area contributed by atoms with Crippen molar-refractivity contribution in [3.05, 3.63) is 53.2 Å². The average Bonchev–Trinajstić information content (AvgIpc) is 2.96. The summed E-state index contributed by atoms with van der Waals surface area (Å²) in [5, 5.41) is 4.06. The van der Waals surface area contributed by atoms with E-state index < -0.39 is 0 Å². The molecule has 0 bridgehead atoms. The molecule has 0 saturated carbocycles. The van der Waals surface area contributed by atoms with Crippen molar-refractivity contribution in [3.63, 3.8) is 0 Å². The molecule has 1 aliphatic heterocycles. The molecule has 3 nitrogen and oxygen atoms in total. The Kier molecular flexibility index (Phi) is 4.34. The maximum absolute atomic E-state index is 13.1. The van der Waals surface area contributed by atoms with Crippen LogP contribution in [0.15, 0.2) is 34.9 Å². The smallest absolute Gasteiger partial charge is 0.150 e. The number of piperidine rings is 1. The molecule has 1 aromatic carbocycles. The first-order valence-corrected chi connectivity index (χ1v) is 7.70. The van der Waals surface area contributed by atoms with Crippen LogP contribution in [0.5, 0.6) is 0 Å². The van der Waals surface area contributed by atoms with Gasteiger partial charge in [0.25, 0.3) is 0 Å². The molecule has 1 saturated heterocycles. The van der Waals surface area contributed by atoms with E-state index in [0.717, 1.165) is 37.4 Å². The molecule has 1 atom stereocenters. The topological polar surface area (TPSA) is 29.3 Å². The van der Waals surface area contributed by atoms with E-state index in [0.29, 0.717) is 6.04 Å². The number of aromatic nitrogens is 1. The molecule has 21 heavy (non-hydrogen) atoms. The number of aryl methyl sites for hydroxylation is 1. The first-order valence-electron chi connectivity index (χ1n) is 7.70. The molecule has 1 aliphatic rings. The second-order valence-electron chi connectivity index (χ2n) is 5.67. The van der Waals surface area contributed by atoms with E-state index in [4.69, 9.17) is 4.52 Å². The molecule has 1 aromatic heterocycles. The lowest BCUT2D eigenvalue weighted by molar-refractivity contribution is 0.126. The van der Waals surface area contributed by atoms with E-state index in [9.17, 15) is 4.39 Å². The average molecular weight is 288 g/mol. The molecule has 4 heteroatoms. The van der Waals surface area contributed by atoms with E-state index in [-0.39, 0.29) is 5.82 Å². The van der Waals surface area contributed by atoms with Crippen LogP contribution in [0.2, 0.25) is 0 Å². The molecule has 0 amide bonds. The Hall–Kier alpha value is -1.68. The van der Waals surface area contributed by atoms with Crippen LogP contribution in [0, 0.1) is 5.82 Å². The fourth-order valence-electron chi connectivity index (χ4n) is 3.04. The van der Waals surface area contributed by atoms with Crippen molar-refractivity contribution in [3.8, 4) is 0 Å². The van der Waals surface area contributed by atoms with Gasteiger partial charge in [-0.2, -0.15) is 0 Å². The van der Waals surface area contributed by atoms with Gasteiger partial charge < -0.3 is 4.52 Å². The van der Waals surface area contributed by atoms with Crippen LogP contribution >= 0.6 is 0 Å². The minimum atomic E-state index is -0.177. The van der Waals surface area contributed by atoms with Crippen molar-refractivity contribution >= 4 is 0 Å². The maximum Gasteiger partial charge on any atom is 0.150 e. The highest BCUT2D eigenvalue weighted by Crippen LogP contribution is 2.32. The van der Waals surface area contributed by atoms with Gasteiger partial charge in [-0.25, -0.2) is 4.39 Å². The quantitative estimate of drug-likeness (QED) is 0.848. The predicted octanol–water partition coefficient (Wildman–Crippen LogP) is 4.10. The number of halogens is 1. The normalized spacial score (nSPS) is 19.8. The number of hydrogen-bond donors (Lipinski definition) is 0. The van der Waals surface area contributed by atoms with Crippen molar-refractivity contribution in [2.75, 3.05) is 6.54 Å². The van der Waals surface area contributed by atoms with Gasteiger partial charge in [-0.1, -0.05) is 30.6 Å². The molecule has 0 spiro atoms. The molecule has 2 heterocycles. The van der Waals surface area contributed by atoms with Crippen molar-refractivity contribution in [2.24, 2.45) is 0 Å². The summed E-state index contributed by atoms with van der Waals surface area (Å²) in [5.41, 5.74) is 2.19. The van der Waals surface area contributed by atoms with Gasteiger partial charge in [-0.3, -0.25) is 4.90 Å². The van der Waals surface area contributed by atoms with Crippen LogP contribution in [-0.4, -0.2) is 16.6 Å². The Bertz CT molecular complexity index is 579. The zero-order valence-corrected chi connectivity index (χ0v) is 12.4. The van der Waals surface area contributed by atoms with Crippen LogP contribution in [0.3, 0.4) is 0 Å². The Balaban J connectivity index is 1.76. The minimum absolute atomic E-state index is 0.177. The second-order valence-corrected chi connectivity index (χ2v) is 5.67. The highest BCUT2D eigenvalue weighted by molar-refractivity contribution is 5.21. The number of hydrogen-bond acceptors (Lipinski definition) is 3. The number of rotatable bonds is 4. The van der Waals surface area contributed by atoms with E-state index in [1.807, 2.05) is 18.2 Å². The minimum Gasteiger partial charge on any atom is -0.360 e. The Morgan fingerprint density at radius 1 is 1.29 bits per heavy atom. The van der Waals surface area contributed by atoms with Crippen LogP contribution in [0.4, 0.5) is 4.39 Å². The number of nitrogens with zero attached hydrogens (tertiary/aromatic N) is 2. The first kappa shape index (κ1) is 14.3. The van der Waals surface area contributed by atoms with E-state index in [1.165, 1.54) is 18.4 Å². The first-order chi connectivity index (χ1) is 10.3. The van der Waals surface area contributed by atoms with Crippen LogP contribution in [0.1, 0.15) is 49.2 Å². The van der Waals surface area contributed by atoms with Gasteiger partial charge in [-0.15, -0.1) is 0 Å². The molecule has 3 rings (SSSR count). The van der Waals surface area contributed by atoms with Crippen LogP contribution in [-0.2, 0) is 13.0 Å². The fraction of sp³-hybridized carbons (Fsp3) is 0.471. The van der Waals surface area contributed by atoms with Gasteiger partial charge in [0.15, 0.2) is 5.76 Å². The van der Waals surface area contributed by atoms with Crippen molar-refractivity contribution in [1.82, 2.24) is 10.1 Å². The standard InChI is InChI=1S/C17H21FN2O/c1-2-15-11-16(21-19-15)12-20-10-4-3-5-17(20)13-6-8-14(18)9-7-13/h6-9,11,17H,2-5,10,12H2,1H3/t17-/m0/s1. The summed E-state index contributed by atoms with van der Waals surface area (Å²) >= 11 is 0. The molecule has 1 fully saturated rings. The van der Waals surface area contributed by atoms with Crippen LogP contribution in [0.25, 0.3) is 0 Å². The van der Waals surface area contributed by atoms with E-state index >= 15 is 0 Å². The third-order valence-electron chi connectivity index (χ3n) is 4.20. The van der Waals surface area contributed by atoms with Gasteiger partial charge in [0, 0.05) is 12.1 Å². The zero-order chi connectivity index (χ0) is 14.7. The van der Waals surface area contributed by atoms with Gasteiger partial charge in [0.1, 0.15) is 5.82 Å². The summed E-state index contributed by atoms with van der Waals surface area (Å²) in [5.74, 6) is 0.741. The summed E-state index contributed by atoms with van der Waals surface area (Å²) in [6.45, 7) is 3.89. The third-order valence-corrected chi connectivity index (χ3v) is 4.20. The van der Waals surface area contributed by atoms with Gasteiger partial charge in [-0.05, 0) is 43.5 Å². The zero-order valence-electron chi connectivity index (χ0n) is 12.4. The van der Waals surface area contributed by atoms with Gasteiger partial charge in [0.05, 0.1) is 12.2 Å². The van der Waals surface area contributed by atoms with Crippen molar-refractivity contribution in [2.45, 2.75) is 45.2 Å². The summed E-state index contributed by atoms with van der Waals surface area (Å²) < 4.78 is 18.5. The largest absolute Gasteiger partial charge is 0.360 e. The Morgan fingerprint density at radius 2 is 2.10 bits per heavy atom. The van der Waals surface area contributed by atoms with Gasteiger partial charge in [0.2, 0.25) is 0 Å². The van der Waals surface area contributed by atoms with E-state index in [1.54, 1.807) is 12.1 Å². The fourth-order valence-corrected chi connectivity index (χ4v) is 3.04. The maximum atomic E-state index is 13.1. The Morgan fingerprint density at radius 3 is 2.81 bits per heavy atom. The second kappa shape index (κ2) is 6.39. The van der Waals surface area contributed by atoms with Crippen molar-refractivity contribution in [1.29, 1.82) is 0 Å². The molecule has 112 valence electrons. The molecule has 0 aliphatic carbocycles. The highest BCUT2D eigenvalue weighted by atomic mass is 19.1. The monoisotopic (exact) mass is 288 g/mol. The molecular formula is C17H21FN2O. The lowest BCUT2D eigenvalue weighted by atomic mass is 9.95. The Labute approximate surface area is 124 Å². The highest BCUT2D eigenvalue weighted by Gasteiger charge is 2.25. The SMILES string of the molecule is CCc1cc(CN2CCCC[C@H]2c2ccc(F)cc2)on1. The van der Waals surface area contributed by atoms with Crippen LogP contribution < -0.4 is 0 Å². The molecule has 0 radical (unpaired) electrons. The van der Waals surface area contributed by atoms with E-state index in [2.05, 4.69) is 17.0 Å². The number of likely N-dealkylation sites (tertiary alicyclic amines) is 1. The number of benzene rings is 1. The summed E-state index contributed by atoms with van der Waals surface area (Å²) in [6.07, 6.45) is 4.42.